The van der Waals surface area contributed by atoms with Crippen LogP contribution >= 0.6 is 0 Å². The summed E-state index contributed by atoms with van der Waals surface area (Å²) in [6.45, 7) is 9.04. The van der Waals surface area contributed by atoms with E-state index < -0.39 is 5.41 Å². The second-order valence-corrected chi connectivity index (χ2v) is 7.77. The molecule has 0 saturated heterocycles. The Bertz CT molecular complexity index is 622. The zero-order valence-electron chi connectivity index (χ0n) is 14.6. The highest BCUT2D eigenvalue weighted by Crippen LogP contribution is 2.75. The van der Waals surface area contributed by atoms with Crippen molar-refractivity contribution in [3.8, 4) is 5.75 Å². The fraction of sp³-hybridized carbons (Fsp3) is 0.650. The van der Waals surface area contributed by atoms with Crippen molar-refractivity contribution in [1.29, 1.82) is 0 Å². The number of carbonyl (C=O) groups is 1. The molecule has 1 aromatic rings. The van der Waals surface area contributed by atoms with Crippen molar-refractivity contribution in [2.75, 3.05) is 6.61 Å². The normalized spacial score (nSPS) is 31.6. The van der Waals surface area contributed by atoms with Gasteiger partial charge in [0.05, 0.1) is 12.0 Å². The molecule has 3 atom stereocenters. The van der Waals surface area contributed by atoms with Crippen LogP contribution in [0.5, 0.6) is 5.75 Å². The molecule has 0 aliphatic heterocycles. The maximum Gasteiger partial charge on any atom is 0.147 e. The first-order valence-electron chi connectivity index (χ1n) is 8.84. The third-order valence-corrected chi connectivity index (χ3v) is 6.18. The molecule has 3 rings (SSSR count). The summed E-state index contributed by atoms with van der Waals surface area (Å²) in [5.41, 5.74) is 0.344. The maximum atomic E-state index is 13.8. The molecule has 1 aromatic carbocycles. The molecule has 23 heavy (non-hydrogen) atoms. The van der Waals surface area contributed by atoms with Crippen LogP contribution in [0.25, 0.3) is 0 Å². The molecule has 2 nitrogen and oxygen atoms in total. The molecular weight excluding hydrogens is 291 g/mol. The van der Waals surface area contributed by atoms with E-state index in [0.29, 0.717) is 24.1 Å². The lowest BCUT2D eigenvalue weighted by Gasteiger charge is -2.28. The van der Waals surface area contributed by atoms with Crippen molar-refractivity contribution in [2.45, 2.75) is 58.8 Å². The minimum absolute atomic E-state index is 0.0709. The van der Waals surface area contributed by atoms with Gasteiger partial charge >= 0.3 is 0 Å². The number of halogens is 1. The van der Waals surface area contributed by atoms with Crippen molar-refractivity contribution < 1.29 is 13.9 Å². The van der Waals surface area contributed by atoms with Gasteiger partial charge in [-0.3, -0.25) is 4.79 Å². The number of hydrogen-bond donors (Lipinski definition) is 0. The van der Waals surface area contributed by atoms with Crippen molar-refractivity contribution in [2.24, 2.45) is 17.3 Å². The van der Waals surface area contributed by atoms with Gasteiger partial charge in [0, 0.05) is 17.5 Å². The van der Waals surface area contributed by atoms with Crippen molar-refractivity contribution in [1.82, 2.24) is 0 Å². The third-order valence-electron chi connectivity index (χ3n) is 6.18. The summed E-state index contributed by atoms with van der Waals surface area (Å²) >= 11 is 0. The predicted molar refractivity (Wildman–Crippen MR) is 89.2 cm³/mol. The van der Waals surface area contributed by atoms with E-state index >= 15 is 0 Å². The Labute approximate surface area is 138 Å². The maximum absolute atomic E-state index is 13.8. The quantitative estimate of drug-likeness (QED) is 0.722. The number of unbranched alkanes of at least 4 members (excludes halogenated alkanes) is 1. The first kappa shape index (κ1) is 16.5. The number of ether oxygens (including phenoxy) is 1. The van der Waals surface area contributed by atoms with Crippen molar-refractivity contribution in [3.63, 3.8) is 0 Å². The smallest absolute Gasteiger partial charge is 0.147 e. The molecule has 0 N–H and O–H groups in total. The molecule has 0 bridgehead atoms. The lowest BCUT2D eigenvalue weighted by molar-refractivity contribution is -0.127. The molecule has 2 aliphatic carbocycles. The monoisotopic (exact) mass is 318 g/mol. The molecule has 2 fully saturated rings. The summed E-state index contributed by atoms with van der Waals surface area (Å²) in [6, 6.07) is 4.71. The summed E-state index contributed by atoms with van der Waals surface area (Å²) in [7, 11) is 0. The largest absolute Gasteiger partial charge is 0.493 e. The second kappa shape index (κ2) is 5.61. The Morgan fingerprint density at radius 2 is 2.04 bits per heavy atom. The number of ketones is 1. The highest BCUT2D eigenvalue weighted by Gasteiger charge is 2.77. The lowest BCUT2D eigenvalue weighted by atomic mass is 9.74. The number of benzene rings is 1. The van der Waals surface area contributed by atoms with Crippen LogP contribution in [0.3, 0.4) is 0 Å². The second-order valence-electron chi connectivity index (χ2n) is 7.77. The van der Waals surface area contributed by atoms with Crippen LogP contribution in [-0.4, -0.2) is 12.4 Å². The first-order valence-corrected chi connectivity index (χ1v) is 8.84. The average Bonchev–Trinajstić information content (AvgIpc) is 3.01. The number of hydrogen-bond acceptors (Lipinski definition) is 2. The van der Waals surface area contributed by atoms with Crippen molar-refractivity contribution >= 4 is 5.78 Å². The number of rotatable bonds is 5. The molecule has 2 saturated carbocycles. The van der Waals surface area contributed by atoms with Gasteiger partial charge in [-0.05, 0) is 36.7 Å². The molecule has 3 unspecified atom stereocenters. The number of fused-ring (bicyclic) bond motifs is 1. The standard InChI is InChI=1S/C20H27FO2/c1-5-6-11-23-16-12-14(21)8-9-15(16)20-17(19(20,3)4)10-7-13(2)18(20)22/h8-9,12-13,17H,5-7,10-11H2,1-4H3. The van der Waals surface area contributed by atoms with E-state index in [2.05, 4.69) is 20.8 Å². The molecule has 2 aliphatic rings. The zero-order valence-corrected chi connectivity index (χ0v) is 14.6. The van der Waals surface area contributed by atoms with Crippen LogP contribution < -0.4 is 4.74 Å². The highest BCUT2D eigenvalue weighted by atomic mass is 19.1. The Kier molecular flexibility index (Phi) is 4.02. The number of Topliss-reactive ketones (excluding diaryl/α,β-unsaturated/α-hetero) is 1. The minimum atomic E-state index is -0.486. The van der Waals surface area contributed by atoms with Gasteiger partial charge in [0.2, 0.25) is 0 Å². The zero-order chi connectivity index (χ0) is 16.8. The summed E-state index contributed by atoms with van der Waals surface area (Å²) < 4.78 is 19.7. The summed E-state index contributed by atoms with van der Waals surface area (Å²) in [5, 5.41) is 0. The highest BCUT2D eigenvalue weighted by molar-refractivity contribution is 5.98. The van der Waals surface area contributed by atoms with E-state index in [4.69, 9.17) is 4.74 Å². The van der Waals surface area contributed by atoms with E-state index in [9.17, 15) is 9.18 Å². The van der Waals surface area contributed by atoms with E-state index in [1.807, 2.05) is 6.92 Å². The van der Waals surface area contributed by atoms with Gasteiger partial charge in [0.25, 0.3) is 0 Å². The van der Waals surface area contributed by atoms with Gasteiger partial charge in [-0.2, -0.15) is 0 Å². The van der Waals surface area contributed by atoms with Crippen LogP contribution in [0.2, 0.25) is 0 Å². The van der Waals surface area contributed by atoms with Crippen LogP contribution in [0.15, 0.2) is 18.2 Å². The third kappa shape index (κ3) is 2.23. The molecule has 0 aromatic heterocycles. The topological polar surface area (TPSA) is 26.3 Å². The average molecular weight is 318 g/mol. The van der Waals surface area contributed by atoms with Crippen LogP contribution in [0, 0.1) is 23.1 Å². The molecule has 0 amide bonds. The first-order chi connectivity index (χ1) is 10.9. The minimum Gasteiger partial charge on any atom is -0.493 e. The van der Waals surface area contributed by atoms with E-state index in [0.717, 1.165) is 31.2 Å². The lowest BCUT2D eigenvalue weighted by Crippen LogP contribution is -2.35. The summed E-state index contributed by atoms with van der Waals surface area (Å²) in [5.74, 6) is 0.990. The van der Waals surface area contributed by atoms with Gasteiger partial charge < -0.3 is 4.74 Å². The number of carbonyl (C=O) groups excluding carboxylic acids is 1. The molecule has 3 heteroatoms. The van der Waals surface area contributed by atoms with Gasteiger partial charge in [-0.25, -0.2) is 4.39 Å². The Hall–Kier alpha value is -1.38. The van der Waals surface area contributed by atoms with Gasteiger partial charge in [0.15, 0.2) is 0 Å². The Balaban J connectivity index is 2.04. The van der Waals surface area contributed by atoms with Crippen LogP contribution in [0.1, 0.15) is 58.9 Å². The summed E-state index contributed by atoms with van der Waals surface area (Å²) in [6.07, 6.45) is 3.98. The molecule has 0 radical (unpaired) electrons. The fourth-order valence-corrected chi connectivity index (χ4v) is 4.81. The Morgan fingerprint density at radius 1 is 1.30 bits per heavy atom. The predicted octanol–water partition coefficient (Wildman–Crippen LogP) is 4.90. The van der Waals surface area contributed by atoms with Gasteiger partial charge in [0.1, 0.15) is 17.3 Å². The summed E-state index contributed by atoms with van der Waals surface area (Å²) in [4.78, 5) is 13.1. The van der Waals surface area contributed by atoms with Crippen LogP contribution in [-0.2, 0) is 10.2 Å². The van der Waals surface area contributed by atoms with E-state index in [-0.39, 0.29) is 17.2 Å². The molecule has 0 heterocycles. The fourth-order valence-electron chi connectivity index (χ4n) is 4.81. The van der Waals surface area contributed by atoms with E-state index in [1.54, 1.807) is 6.07 Å². The molecule has 0 spiro atoms. The molecule has 126 valence electrons. The molecular formula is C20H27FO2. The van der Waals surface area contributed by atoms with Gasteiger partial charge in [-0.15, -0.1) is 0 Å². The van der Waals surface area contributed by atoms with Crippen molar-refractivity contribution in [3.05, 3.63) is 29.6 Å². The van der Waals surface area contributed by atoms with E-state index in [1.165, 1.54) is 12.1 Å². The Morgan fingerprint density at radius 3 is 2.74 bits per heavy atom. The SMILES string of the molecule is CCCCOc1cc(F)ccc1C12C(=O)C(C)CCC1C2(C)C. The van der Waals surface area contributed by atoms with Crippen LogP contribution in [0.4, 0.5) is 4.39 Å². The van der Waals surface area contributed by atoms with Gasteiger partial charge in [-0.1, -0.05) is 40.2 Å².